The van der Waals surface area contributed by atoms with Crippen LogP contribution in [0.3, 0.4) is 0 Å². The lowest BCUT2D eigenvalue weighted by Gasteiger charge is -2.36. The van der Waals surface area contributed by atoms with E-state index in [1.165, 1.54) is 12.1 Å². The summed E-state index contributed by atoms with van der Waals surface area (Å²) in [4.78, 5) is 28.9. The molecular weight excluding hydrogens is 475 g/mol. The zero-order valence-electron chi connectivity index (χ0n) is 20.1. The molecule has 0 aliphatic carbocycles. The van der Waals surface area contributed by atoms with Gasteiger partial charge in [-0.25, -0.2) is 9.59 Å². The van der Waals surface area contributed by atoms with Crippen molar-refractivity contribution >= 4 is 22.8 Å². The molecule has 1 saturated heterocycles. The number of para-hydroxylation sites is 2. The minimum Gasteiger partial charge on any atom is -0.448 e. The number of piperazine rings is 1. The molecule has 8 nitrogen and oxygen atoms in total. The van der Waals surface area contributed by atoms with Crippen molar-refractivity contribution in [2.24, 2.45) is 0 Å². The Balaban J connectivity index is 1.38. The fourth-order valence-electron chi connectivity index (χ4n) is 4.48. The lowest BCUT2D eigenvalue weighted by Crippen LogP contribution is -2.47. The van der Waals surface area contributed by atoms with E-state index in [2.05, 4.69) is 10.2 Å². The number of carbonyl (C=O) groups is 1. The Morgan fingerprint density at radius 2 is 1.61 bits per heavy atom. The van der Waals surface area contributed by atoms with Crippen LogP contribution in [0.25, 0.3) is 11.0 Å². The van der Waals surface area contributed by atoms with Gasteiger partial charge in [-0.1, -0.05) is 18.2 Å². The van der Waals surface area contributed by atoms with Crippen LogP contribution in [0, 0.1) is 0 Å². The molecule has 0 spiro atoms. The van der Waals surface area contributed by atoms with Crippen LogP contribution < -0.4 is 15.9 Å². The van der Waals surface area contributed by atoms with Gasteiger partial charge in [-0.2, -0.15) is 13.2 Å². The van der Waals surface area contributed by atoms with E-state index in [0.29, 0.717) is 51.5 Å². The van der Waals surface area contributed by atoms with Gasteiger partial charge in [-0.3, -0.25) is 14.0 Å². The number of carbonyl (C=O) groups excluding carboxylic acids is 1. The van der Waals surface area contributed by atoms with Crippen LogP contribution in [0.4, 0.5) is 23.7 Å². The van der Waals surface area contributed by atoms with Crippen molar-refractivity contribution in [2.45, 2.75) is 26.2 Å². The Morgan fingerprint density at radius 1 is 0.944 bits per heavy atom. The highest BCUT2D eigenvalue weighted by molar-refractivity contribution is 5.76. The number of alkyl halides is 3. The Kier molecular flexibility index (Phi) is 7.88. The molecule has 4 rings (SSSR count). The molecule has 1 amide bonds. The van der Waals surface area contributed by atoms with E-state index in [0.717, 1.165) is 17.1 Å². The van der Waals surface area contributed by atoms with Crippen molar-refractivity contribution in [2.75, 3.05) is 50.8 Å². The number of benzene rings is 2. The third-order valence-electron chi connectivity index (χ3n) is 6.35. The fourth-order valence-corrected chi connectivity index (χ4v) is 4.48. The summed E-state index contributed by atoms with van der Waals surface area (Å²) in [5, 5.41) is 2.56. The number of aromatic nitrogens is 2. The molecule has 3 aromatic rings. The van der Waals surface area contributed by atoms with Crippen molar-refractivity contribution in [3.05, 3.63) is 64.6 Å². The van der Waals surface area contributed by atoms with E-state index in [4.69, 9.17) is 4.74 Å². The summed E-state index contributed by atoms with van der Waals surface area (Å²) in [5.74, 6) is 0. The quantitative estimate of drug-likeness (QED) is 0.508. The van der Waals surface area contributed by atoms with E-state index in [1.54, 1.807) is 22.1 Å². The highest BCUT2D eigenvalue weighted by Crippen LogP contribution is 2.31. The van der Waals surface area contributed by atoms with Gasteiger partial charge in [0.05, 0.1) is 23.1 Å². The summed E-state index contributed by atoms with van der Waals surface area (Å²) in [6, 6.07) is 12.9. The maximum atomic E-state index is 13.2. The molecule has 1 N–H and O–H groups in total. The number of nitrogens with zero attached hydrogens (tertiary/aromatic N) is 4. The molecule has 11 heteroatoms. The predicted molar refractivity (Wildman–Crippen MR) is 131 cm³/mol. The van der Waals surface area contributed by atoms with Crippen LogP contribution >= 0.6 is 0 Å². The fraction of sp³-hybridized carbons (Fsp3) is 0.440. The Labute approximate surface area is 206 Å². The van der Waals surface area contributed by atoms with E-state index in [9.17, 15) is 22.8 Å². The molecule has 36 heavy (non-hydrogen) atoms. The number of halogens is 3. The number of alkyl carbamates (subject to hydrolysis) is 1. The second-order valence-corrected chi connectivity index (χ2v) is 8.62. The van der Waals surface area contributed by atoms with E-state index in [1.807, 2.05) is 29.2 Å². The van der Waals surface area contributed by atoms with Gasteiger partial charge in [0.15, 0.2) is 0 Å². The minimum absolute atomic E-state index is 0.0806. The second kappa shape index (κ2) is 11.1. The van der Waals surface area contributed by atoms with Gasteiger partial charge in [0.25, 0.3) is 0 Å². The Hall–Kier alpha value is -3.47. The Bertz CT molecular complexity index is 1250. The van der Waals surface area contributed by atoms with Gasteiger partial charge in [0.1, 0.15) is 6.61 Å². The number of rotatable bonds is 8. The average Bonchev–Trinajstić information content (AvgIpc) is 3.13. The highest BCUT2D eigenvalue weighted by Gasteiger charge is 2.31. The first-order valence-corrected chi connectivity index (χ1v) is 12.0. The third kappa shape index (κ3) is 5.84. The lowest BCUT2D eigenvalue weighted by atomic mass is 10.1. The van der Waals surface area contributed by atoms with Gasteiger partial charge in [-0.05, 0) is 37.3 Å². The zero-order chi connectivity index (χ0) is 25.7. The molecule has 194 valence electrons. The molecule has 1 aliphatic rings. The first-order valence-electron chi connectivity index (χ1n) is 12.0. The van der Waals surface area contributed by atoms with Crippen molar-refractivity contribution in [1.82, 2.24) is 19.4 Å². The summed E-state index contributed by atoms with van der Waals surface area (Å²) in [6.07, 6.45) is -4.88. The standard InChI is InChI=1S/C25H30F3N5O3/c1-2-29-23(34)36-17-16-33-22-9-4-3-8-21(22)32(24(33)35)15-12-30-10-13-31(14-11-30)20-7-5-6-19(18-20)25(26,27)28/h3-9,18H,2,10-17H2,1H3,(H,29,34). The summed E-state index contributed by atoms with van der Waals surface area (Å²) in [6.45, 7) is 6.29. The van der Waals surface area contributed by atoms with Gasteiger partial charge in [0, 0.05) is 51.5 Å². The normalized spacial score (nSPS) is 14.8. The van der Waals surface area contributed by atoms with Crippen LogP contribution in [-0.4, -0.2) is 66.0 Å². The number of hydrogen-bond acceptors (Lipinski definition) is 5. The van der Waals surface area contributed by atoms with Gasteiger partial charge >= 0.3 is 18.0 Å². The SMILES string of the molecule is CCNC(=O)OCCn1c(=O)n(CCN2CCN(c3cccc(C(F)(F)F)c3)CC2)c2ccccc21. The summed E-state index contributed by atoms with van der Waals surface area (Å²) in [5.41, 5.74) is 1.34. The lowest BCUT2D eigenvalue weighted by molar-refractivity contribution is -0.137. The molecular formula is C25H30F3N5O3. The minimum atomic E-state index is -4.36. The van der Waals surface area contributed by atoms with Gasteiger partial charge in [-0.15, -0.1) is 0 Å². The van der Waals surface area contributed by atoms with E-state index < -0.39 is 17.8 Å². The maximum Gasteiger partial charge on any atom is 0.416 e. The molecule has 0 atom stereocenters. The summed E-state index contributed by atoms with van der Waals surface area (Å²) < 4.78 is 47.6. The number of anilines is 1. The smallest absolute Gasteiger partial charge is 0.416 e. The molecule has 0 unspecified atom stereocenters. The summed E-state index contributed by atoms with van der Waals surface area (Å²) >= 11 is 0. The van der Waals surface area contributed by atoms with Gasteiger partial charge in [0.2, 0.25) is 0 Å². The maximum absolute atomic E-state index is 13.2. The van der Waals surface area contributed by atoms with Crippen molar-refractivity contribution in [3.8, 4) is 0 Å². The molecule has 1 fully saturated rings. The van der Waals surface area contributed by atoms with Crippen LogP contribution in [0.2, 0.25) is 0 Å². The first kappa shape index (κ1) is 25.6. The zero-order valence-corrected chi connectivity index (χ0v) is 20.1. The number of hydrogen-bond donors (Lipinski definition) is 1. The molecule has 2 heterocycles. The number of amides is 1. The largest absolute Gasteiger partial charge is 0.448 e. The number of imidazole rings is 1. The van der Waals surface area contributed by atoms with Crippen LogP contribution in [-0.2, 0) is 24.0 Å². The van der Waals surface area contributed by atoms with Crippen molar-refractivity contribution in [3.63, 3.8) is 0 Å². The van der Waals surface area contributed by atoms with Crippen molar-refractivity contribution < 1.29 is 22.7 Å². The van der Waals surface area contributed by atoms with Gasteiger partial charge < -0.3 is 15.0 Å². The topological polar surface area (TPSA) is 71.7 Å². The highest BCUT2D eigenvalue weighted by atomic mass is 19.4. The number of fused-ring (bicyclic) bond motifs is 1. The first-order chi connectivity index (χ1) is 17.3. The molecule has 0 radical (unpaired) electrons. The van der Waals surface area contributed by atoms with Crippen LogP contribution in [0.15, 0.2) is 53.3 Å². The second-order valence-electron chi connectivity index (χ2n) is 8.62. The monoisotopic (exact) mass is 505 g/mol. The summed E-state index contributed by atoms with van der Waals surface area (Å²) in [7, 11) is 0. The van der Waals surface area contributed by atoms with Crippen LogP contribution in [0.1, 0.15) is 12.5 Å². The molecule has 1 aliphatic heterocycles. The predicted octanol–water partition coefficient (Wildman–Crippen LogP) is 3.39. The van der Waals surface area contributed by atoms with Crippen LogP contribution in [0.5, 0.6) is 0 Å². The molecule has 2 aromatic carbocycles. The van der Waals surface area contributed by atoms with E-state index in [-0.39, 0.29) is 18.8 Å². The van der Waals surface area contributed by atoms with Crippen molar-refractivity contribution in [1.29, 1.82) is 0 Å². The molecule has 0 bridgehead atoms. The Morgan fingerprint density at radius 3 is 2.25 bits per heavy atom. The number of ether oxygens (including phenoxy) is 1. The molecule has 1 aromatic heterocycles. The third-order valence-corrected chi connectivity index (χ3v) is 6.35. The molecule has 0 saturated carbocycles. The number of nitrogens with one attached hydrogen (secondary N) is 1. The van der Waals surface area contributed by atoms with E-state index >= 15 is 0 Å². The average molecular weight is 506 g/mol.